The predicted molar refractivity (Wildman–Crippen MR) is 114 cm³/mol. The number of piperidine rings is 1. The van der Waals surface area contributed by atoms with E-state index in [1.165, 1.54) is 5.56 Å². The highest BCUT2D eigenvalue weighted by Gasteiger charge is 2.45. The number of nitrogens with zero attached hydrogens (tertiary/aromatic N) is 2. The van der Waals surface area contributed by atoms with Crippen molar-refractivity contribution in [2.45, 2.75) is 31.8 Å². The third-order valence-corrected chi connectivity index (χ3v) is 6.03. The molecule has 0 bridgehead atoms. The minimum Gasteiger partial charge on any atom is -0.348 e. The van der Waals surface area contributed by atoms with Crippen LogP contribution < -0.4 is 15.5 Å². The van der Waals surface area contributed by atoms with Crippen LogP contribution in [0.2, 0.25) is 0 Å². The average Bonchev–Trinajstić information content (AvgIpc) is 2.75. The number of carbonyl (C=O) groups excluding carboxylic acids is 2. The summed E-state index contributed by atoms with van der Waals surface area (Å²) in [4.78, 5) is 29.4. The summed E-state index contributed by atoms with van der Waals surface area (Å²) in [6.45, 7) is 4.78. The van der Waals surface area contributed by atoms with Crippen molar-refractivity contribution < 1.29 is 9.59 Å². The number of likely N-dealkylation sites (tertiary alicyclic amines) is 1. The number of rotatable bonds is 4. The van der Waals surface area contributed by atoms with Crippen molar-refractivity contribution in [1.82, 2.24) is 15.5 Å². The summed E-state index contributed by atoms with van der Waals surface area (Å²) in [6.07, 6.45) is 2.25. The van der Waals surface area contributed by atoms with Crippen LogP contribution in [-0.2, 0) is 6.42 Å². The SMILES string of the molecule is CCN1c2ccccc2C(=O)NC12CCN(C(=O)NCCc1ccccc1)CC2. The number of amides is 3. The fourth-order valence-corrected chi connectivity index (χ4v) is 4.50. The number of hydrogen-bond donors (Lipinski definition) is 2. The number of benzene rings is 2. The maximum Gasteiger partial charge on any atom is 0.317 e. The summed E-state index contributed by atoms with van der Waals surface area (Å²) in [5.41, 5.74) is 2.51. The van der Waals surface area contributed by atoms with E-state index in [0.29, 0.717) is 32.5 Å². The smallest absolute Gasteiger partial charge is 0.317 e. The van der Waals surface area contributed by atoms with E-state index in [1.807, 2.05) is 47.4 Å². The van der Waals surface area contributed by atoms with Crippen LogP contribution in [0.1, 0.15) is 35.7 Å². The van der Waals surface area contributed by atoms with Gasteiger partial charge in [0.1, 0.15) is 5.66 Å². The second kappa shape index (κ2) is 8.15. The Morgan fingerprint density at radius 2 is 1.76 bits per heavy atom. The van der Waals surface area contributed by atoms with Gasteiger partial charge in [-0.3, -0.25) is 4.79 Å². The van der Waals surface area contributed by atoms with Crippen LogP contribution >= 0.6 is 0 Å². The zero-order valence-corrected chi connectivity index (χ0v) is 16.9. The molecule has 0 atom stereocenters. The topological polar surface area (TPSA) is 64.7 Å². The van der Waals surface area contributed by atoms with Gasteiger partial charge in [0, 0.05) is 39.0 Å². The Balaban J connectivity index is 1.37. The number of urea groups is 1. The zero-order chi connectivity index (χ0) is 20.3. The monoisotopic (exact) mass is 392 g/mol. The van der Waals surface area contributed by atoms with Crippen molar-refractivity contribution in [2.75, 3.05) is 31.1 Å². The third-order valence-electron chi connectivity index (χ3n) is 6.03. The lowest BCUT2D eigenvalue weighted by atomic mass is 9.90. The van der Waals surface area contributed by atoms with E-state index in [0.717, 1.165) is 24.2 Å². The first-order valence-electron chi connectivity index (χ1n) is 10.4. The first-order chi connectivity index (χ1) is 14.1. The molecule has 2 aliphatic heterocycles. The molecule has 4 rings (SSSR count). The average molecular weight is 393 g/mol. The van der Waals surface area contributed by atoms with Gasteiger partial charge in [0.2, 0.25) is 0 Å². The molecule has 6 nitrogen and oxygen atoms in total. The van der Waals surface area contributed by atoms with Gasteiger partial charge < -0.3 is 20.4 Å². The molecule has 0 aliphatic carbocycles. The van der Waals surface area contributed by atoms with Gasteiger partial charge in [-0.25, -0.2) is 4.79 Å². The molecule has 0 radical (unpaired) electrons. The standard InChI is InChI=1S/C23H28N4O2/c1-2-27-20-11-7-6-10-19(20)21(28)25-23(27)13-16-26(17-14-23)22(29)24-15-12-18-8-4-3-5-9-18/h3-11H,2,12-17H2,1H3,(H,24,29)(H,25,28). The normalized spacial score (nSPS) is 17.6. The van der Waals surface area contributed by atoms with E-state index in [-0.39, 0.29) is 11.9 Å². The third kappa shape index (κ3) is 3.79. The summed E-state index contributed by atoms with van der Waals surface area (Å²) in [5, 5.41) is 6.27. The molecule has 3 amide bonds. The molecule has 0 aromatic heterocycles. The zero-order valence-electron chi connectivity index (χ0n) is 16.9. The van der Waals surface area contributed by atoms with E-state index >= 15 is 0 Å². The molecule has 0 unspecified atom stereocenters. The quantitative estimate of drug-likeness (QED) is 0.841. The molecular weight excluding hydrogens is 364 g/mol. The van der Waals surface area contributed by atoms with Crippen LogP contribution in [0.5, 0.6) is 0 Å². The lowest BCUT2D eigenvalue weighted by Gasteiger charge is -2.52. The first-order valence-corrected chi connectivity index (χ1v) is 10.4. The van der Waals surface area contributed by atoms with Crippen molar-refractivity contribution in [3.63, 3.8) is 0 Å². The van der Waals surface area contributed by atoms with Gasteiger partial charge >= 0.3 is 6.03 Å². The van der Waals surface area contributed by atoms with Crippen molar-refractivity contribution >= 4 is 17.6 Å². The Hall–Kier alpha value is -3.02. The lowest BCUT2D eigenvalue weighted by Crippen LogP contribution is -2.68. The Labute approximate surface area is 171 Å². The van der Waals surface area contributed by atoms with Crippen molar-refractivity contribution in [3.8, 4) is 0 Å². The molecule has 2 heterocycles. The van der Waals surface area contributed by atoms with Crippen molar-refractivity contribution in [2.24, 2.45) is 0 Å². The molecule has 29 heavy (non-hydrogen) atoms. The molecule has 2 aromatic rings. The maximum absolute atomic E-state index is 12.7. The fraction of sp³-hybridized carbons (Fsp3) is 0.391. The summed E-state index contributed by atoms with van der Waals surface area (Å²) in [6, 6.07) is 17.9. The Bertz CT molecular complexity index is 875. The van der Waals surface area contributed by atoms with Crippen molar-refractivity contribution in [3.05, 3.63) is 65.7 Å². The second-order valence-corrected chi connectivity index (χ2v) is 7.70. The van der Waals surface area contributed by atoms with E-state index in [4.69, 9.17) is 0 Å². The van der Waals surface area contributed by atoms with E-state index < -0.39 is 5.66 Å². The van der Waals surface area contributed by atoms with Crippen LogP contribution in [0.15, 0.2) is 54.6 Å². The number of hydrogen-bond acceptors (Lipinski definition) is 3. The molecule has 6 heteroatoms. The summed E-state index contributed by atoms with van der Waals surface area (Å²) >= 11 is 0. The Kier molecular flexibility index (Phi) is 5.43. The minimum atomic E-state index is -0.416. The molecule has 1 fully saturated rings. The van der Waals surface area contributed by atoms with Gasteiger partial charge in [-0.05, 0) is 31.0 Å². The molecule has 1 spiro atoms. The van der Waals surface area contributed by atoms with E-state index in [2.05, 4.69) is 34.6 Å². The summed E-state index contributed by atoms with van der Waals surface area (Å²) in [5.74, 6) is -0.0222. The van der Waals surface area contributed by atoms with Crippen LogP contribution in [-0.4, -0.2) is 48.7 Å². The van der Waals surface area contributed by atoms with Crippen LogP contribution in [0.3, 0.4) is 0 Å². The summed E-state index contributed by atoms with van der Waals surface area (Å²) in [7, 11) is 0. The highest BCUT2D eigenvalue weighted by atomic mass is 16.2. The Morgan fingerprint density at radius 1 is 1.07 bits per heavy atom. The Morgan fingerprint density at radius 3 is 2.48 bits per heavy atom. The van der Waals surface area contributed by atoms with Crippen LogP contribution in [0.25, 0.3) is 0 Å². The minimum absolute atomic E-state index is 0.0222. The van der Waals surface area contributed by atoms with Crippen LogP contribution in [0.4, 0.5) is 10.5 Å². The molecule has 1 saturated heterocycles. The highest BCUT2D eigenvalue weighted by Crippen LogP contribution is 2.37. The van der Waals surface area contributed by atoms with Gasteiger partial charge in [0.15, 0.2) is 0 Å². The first kappa shape index (κ1) is 19.3. The largest absolute Gasteiger partial charge is 0.348 e. The molecule has 2 N–H and O–H groups in total. The molecule has 152 valence electrons. The van der Waals surface area contributed by atoms with Gasteiger partial charge in [0.25, 0.3) is 5.91 Å². The number of anilines is 1. The molecule has 2 aromatic carbocycles. The number of para-hydroxylation sites is 1. The van der Waals surface area contributed by atoms with Gasteiger partial charge in [-0.2, -0.15) is 0 Å². The lowest BCUT2D eigenvalue weighted by molar-refractivity contribution is 0.0803. The number of nitrogens with one attached hydrogen (secondary N) is 2. The van der Waals surface area contributed by atoms with E-state index in [1.54, 1.807) is 0 Å². The van der Waals surface area contributed by atoms with Crippen LogP contribution in [0, 0.1) is 0 Å². The van der Waals surface area contributed by atoms with Crippen molar-refractivity contribution in [1.29, 1.82) is 0 Å². The van der Waals surface area contributed by atoms with Gasteiger partial charge in [-0.15, -0.1) is 0 Å². The number of fused-ring (bicyclic) bond motifs is 1. The molecule has 0 saturated carbocycles. The van der Waals surface area contributed by atoms with E-state index in [9.17, 15) is 9.59 Å². The molecular formula is C23H28N4O2. The predicted octanol–water partition coefficient (Wildman–Crippen LogP) is 3.00. The maximum atomic E-state index is 12.7. The second-order valence-electron chi connectivity index (χ2n) is 7.70. The highest BCUT2D eigenvalue weighted by molar-refractivity contribution is 6.02. The van der Waals surface area contributed by atoms with Gasteiger partial charge in [0.05, 0.1) is 11.3 Å². The fourth-order valence-electron chi connectivity index (χ4n) is 4.50. The van der Waals surface area contributed by atoms with Gasteiger partial charge in [-0.1, -0.05) is 42.5 Å². The summed E-state index contributed by atoms with van der Waals surface area (Å²) < 4.78 is 0. The number of carbonyl (C=O) groups is 2. The molecule has 2 aliphatic rings.